The minimum absolute atomic E-state index is 0.170. The van der Waals surface area contributed by atoms with E-state index in [-0.39, 0.29) is 22.3 Å². The Morgan fingerprint density at radius 2 is 1.20 bits per heavy atom. The predicted octanol–water partition coefficient (Wildman–Crippen LogP) is 1.89. The summed E-state index contributed by atoms with van der Waals surface area (Å²) >= 11 is 0. The van der Waals surface area contributed by atoms with Gasteiger partial charge in [0.05, 0.1) is 5.92 Å². The summed E-state index contributed by atoms with van der Waals surface area (Å²) in [5.41, 5.74) is 1.17. The zero-order chi connectivity index (χ0) is 17.7. The third kappa shape index (κ3) is 2.13. The van der Waals surface area contributed by atoms with Gasteiger partial charge in [-0.15, -0.1) is 0 Å². The Hall–Kier alpha value is -3.18. The fourth-order valence-electron chi connectivity index (χ4n) is 3.45. The van der Waals surface area contributed by atoms with E-state index in [0.29, 0.717) is 5.56 Å². The van der Waals surface area contributed by atoms with Crippen molar-refractivity contribution >= 4 is 28.7 Å². The van der Waals surface area contributed by atoms with E-state index in [2.05, 4.69) is 0 Å². The number of rotatable bonds is 1. The molecule has 0 amide bonds. The molecule has 4 rings (SSSR count). The summed E-state index contributed by atoms with van der Waals surface area (Å²) in [6.07, 6.45) is -0.528. The van der Waals surface area contributed by atoms with Crippen molar-refractivity contribution in [2.75, 3.05) is 0 Å². The third-order valence-electron chi connectivity index (χ3n) is 4.65. The standard InChI is InChI=1S/C20H12O5/c21-15-9-14(10-5-1-2-6-11(10)17(15)22)16-18(23)12-7-3-4-8-13(12)19(24)20(16)25/h1-9,16,20,25H. The first-order chi connectivity index (χ1) is 12.0. The molecule has 0 aromatic heterocycles. The van der Waals surface area contributed by atoms with Crippen molar-refractivity contribution in [1.29, 1.82) is 0 Å². The van der Waals surface area contributed by atoms with E-state index in [4.69, 9.17) is 0 Å². The number of carbonyl (C=O) groups excluding carboxylic acids is 4. The molecule has 0 bridgehead atoms. The van der Waals surface area contributed by atoms with Crippen LogP contribution >= 0.6 is 0 Å². The SMILES string of the molecule is O=C1C=C(C2C(=O)c3ccccc3C(=O)C2O)c2ccccc2C1=O. The molecule has 0 heterocycles. The molecule has 0 saturated heterocycles. The van der Waals surface area contributed by atoms with Crippen LogP contribution in [0, 0.1) is 5.92 Å². The van der Waals surface area contributed by atoms with E-state index in [1.807, 2.05) is 0 Å². The summed E-state index contributed by atoms with van der Waals surface area (Å²) in [5, 5.41) is 10.5. The number of allylic oxidation sites excluding steroid dienone is 1. The summed E-state index contributed by atoms with van der Waals surface area (Å²) in [4.78, 5) is 49.5. The van der Waals surface area contributed by atoms with Crippen molar-refractivity contribution in [2.24, 2.45) is 5.92 Å². The van der Waals surface area contributed by atoms with Gasteiger partial charge in [0.1, 0.15) is 6.10 Å². The molecule has 2 atom stereocenters. The molecule has 0 aliphatic heterocycles. The highest BCUT2D eigenvalue weighted by atomic mass is 16.3. The van der Waals surface area contributed by atoms with E-state index in [1.54, 1.807) is 30.3 Å². The van der Waals surface area contributed by atoms with Gasteiger partial charge in [-0.2, -0.15) is 0 Å². The second kappa shape index (κ2) is 5.43. The third-order valence-corrected chi connectivity index (χ3v) is 4.65. The molecule has 2 unspecified atom stereocenters. The molecule has 1 N–H and O–H groups in total. The first-order valence-corrected chi connectivity index (χ1v) is 7.76. The van der Waals surface area contributed by atoms with Gasteiger partial charge in [-0.1, -0.05) is 48.5 Å². The highest BCUT2D eigenvalue weighted by Gasteiger charge is 2.44. The van der Waals surface area contributed by atoms with Crippen LogP contribution in [0.1, 0.15) is 36.6 Å². The molecule has 2 aliphatic rings. The van der Waals surface area contributed by atoms with Gasteiger partial charge in [0.15, 0.2) is 11.6 Å². The molecule has 0 fully saturated rings. The number of ketones is 4. The molecule has 5 nitrogen and oxygen atoms in total. The van der Waals surface area contributed by atoms with Gasteiger partial charge in [-0.05, 0) is 17.2 Å². The van der Waals surface area contributed by atoms with E-state index >= 15 is 0 Å². The van der Waals surface area contributed by atoms with Gasteiger partial charge in [-0.3, -0.25) is 19.2 Å². The van der Waals surface area contributed by atoms with Crippen molar-refractivity contribution in [2.45, 2.75) is 6.10 Å². The molecule has 0 radical (unpaired) electrons. The largest absolute Gasteiger partial charge is 0.384 e. The summed E-state index contributed by atoms with van der Waals surface area (Å²) < 4.78 is 0. The van der Waals surface area contributed by atoms with Gasteiger partial charge in [-0.25, -0.2) is 0 Å². The Morgan fingerprint density at radius 1 is 0.680 bits per heavy atom. The van der Waals surface area contributed by atoms with Crippen LogP contribution in [-0.4, -0.2) is 34.3 Å². The van der Waals surface area contributed by atoms with Crippen molar-refractivity contribution in [3.05, 3.63) is 76.9 Å². The maximum Gasteiger partial charge on any atom is 0.233 e. The molecule has 2 aliphatic carbocycles. The minimum Gasteiger partial charge on any atom is -0.384 e. The van der Waals surface area contributed by atoms with Crippen molar-refractivity contribution in [3.63, 3.8) is 0 Å². The van der Waals surface area contributed by atoms with Crippen LogP contribution < -0.4 is 0 Å². The topological polar surface area (TPSA) is 88.5 Å². The molecule has 2 aromatic carbocycles. The van der Waals surface area contributed by atoms with E-state index < -0.39 is 35.2 Å². The zero-order valence-electron chi connectivity index (χ0n) is 12.9. The van der Waals surface area contributed by atoms with Crippen LogP contribution in [0.25, 0.3) is 5.57 Å². The summed E-state index contributed by atoms with van der Waals surface area (Å²) in [6, 6.07) is 12.7. The van der Waals surface area contributed by atoms with Crippen LogP contribution in [0.15, 0.2) is 54.6 Å². The first kappa shape index (κ1) is 15.4. The molecule has 25 heavy (non-hydrogen) atoms. The second-order valence-corrected chi connectivity index (χ2v) is 6.04. The fourth-order valence-corrected chi connectivity index (χ4v) is 3.45. The van der Waals surface area contributed by atoms with Gasteiger partial charge in [0.25, 0.3) is 0 Å². The Labute approximate surface area is 142 Å². The number of aliphatic hydroxyl groups excluding tert-OH is 1. The number of Topliss-reactive ketones (excluding diaryl/α,β-unsaturated/α-hetero) is 3. The molecule has 0 saturated carbocycles. The van der Waals surface area contributed by atoms with Crippen LogP contribution in [-0.2, 0) is 4.79 Å². The van der Waals surface area contributed by atoms with Gasteiger partial charge >= 0.3 is 0 Å². The molecule has 122 valence electrons. The Balaban J connectivity index is 1.92. The molecule has 5 heteroatoms. The molecule has 2 aromatic rings. The van der Waals surface area contributed by atoms with Crippen LogP contribution in [0.2, 0.25) is 0 Å². The average Bonchev–Trinajstić information content (AvgIpc) is 2.64. The minimum atomic E-state index is -1.59. The lowest BCUT2D eigenvalue weighted by molar-refractivity contribution is -0.111. The van der Waals surface area contributed by atoms with E-state index in [9.17, 15) is 24.3 Å². The second-order valence-electron chi connectivity index (χ2n) is 6.04. The van der Waals surface area contributed by atoms with E-state index in [1.165, 1.54) is 18.2 Å². The maximum absolute atomic E-state index is 12.9. The van der Waals surface area contributed by atoms with Crippen LogP contribution in [0.5, 0.6) is 0 Å². The lowest BCUT2D eigenvalue weighted by Gasteiger charge is -2.30. The van der Waals surface area contributed by atoms with Gasteiger partial charge in [0, 0.05) is 16.7 Å². The monoisotopic (exact) mass is 332 g/mol. The summed E-state index contributed by atoms with van der Waals surface area (Å²) in [6.45, 7) is 0. The lowest BCUT2D eigenvalue weighted by atomic mass is 9.72. The fraction of sp³-hybridized carbons (Fsp3) is 0.100. The predicted molar refractivity (Wildman–Crippen MR) is 88.4 cm³/mol. The number of hydrogen-bond donors (Lipinski definition) is 1. The smallest absolute Gasteiger partial charge is 0.233 e. The molecular weight excluding hydrogens is 320 g/mol. The molecule has 0 spiro atoms. The number of fused-ring (bicyclic) bond motifs is 2. The quantitative estimate of drug-likeness (QED) is 0.806. The number of hydrogen-bond acceptors (Lipinski definition) is 5. The number of aliphatic hydroxyl groups is 1. The lowest BCUT2D eigenvalue weighted by Crippen LogP contribution is -2.42. The van der Waals surface area contributed by atoms with Crippen molar-refractivity contribution in [3.8, 4) is 0 Å². The van der Waals surface area contributed by atoms with Crippen molar-refractivity contribution in [1.82, 2.24) is 0 Å². The zero-order valence-corrected chi connectivity index (χ0v) is 12.9. The summed E-state index contributed by atoms with van der Waals surface area (Å²) in [5.74, 6) is -3.64. The normalized spacial score (nSPS) is 22.4. The Morgan fingerprint density at radius 3 is 1.84 bits per heavy atom. The summed E-state index contributed by atoms with van der Waals surface area (Å²) in [7, 11) is 0. The Kier molecular flexibility index (Phi) is 3.33. The maximum atomic E-state index is 12.9. The number of benzene rings is 2. The van der Waals surface area contributed by atoms with Crippen LogP contribution in [0.4, 0.5) is 0 Å². The first-order valence-electron chi connectivity index (χ1n) is 7.76. The average molecular weight is 332 g/mol. The van der Waals surface area contributed by atoms with Crippen LogP contribution in [0.3, 0.4) is 0 Å². The van der Waals surface area contributed by atoms with Crippen molar-refractivity contribution < 1.29 is 24.3 Å². The highest BCUT2D eigenvalue weighted by molar-refractivity contribution is 6.51. The molecular formula is C20H12O5. The number of carbonyl (C=O) groups is 4. The van der Waals surface area contributed by atoms with Gasteiger partial charge < -0.3 is 5.11 Å². The van der Waals surface area contributed by atoms with Gasteiger partial charge in [0.2, 0.25) is 11.6 Å². The van der Waals surface area contributed by atoms with E-state index in [0.717, 1.165) is 6.08 Å². The Bertz CT molecular complexity index is 999. The highest BCUT2D eigenvalue weighted by Crippen LogP contribution is 2.38.